The zero-order chi connectivity index (χ0) is 10.6. The standard InChI is InChI=1S/C10H24N2Si/c1-9(13)7-8-10(2,11(3)4)12(5)6/h1,7-8H2,2-6,13H3. The molecule has 0 amide bonds. The van der Waals surface area contributed by atoms with E-state index in [1.807, 2.05) is 0 Å². The monoisotopic (exact) mass is 200 g/mol. The van der Waals surface area contributed by atoms with Crippen LogP contribution in [0.3, 0.4) is 0 Å². The summed E-state index contributed by atoms with van der Waals surface area (Å²) in [5.41, 5.74) is 0.160. The Morgan fingerprint density at radius 1 is 1.23 bits per heavy atom. The van der Waals surface area contributed by atoms with Crippen LogP contribution in [0.5, 0.6) is 0 Å². The second-order valence-corrected chi connectivity index (χ2v) is 5.88. The van der Waals surface area contributed by atoms with Crippen LogP contribution in [-0.4, -0.2) is 53.9 Å². The Morgan fingerprint density at radius 2 is 1.62 bits per heavy atom. The Hall–Kier alpha value is -0.123. The van der Waals surface area contributed by atoms with Crippen molar-refractivity contribution in [3.8, 4) is 0 Å². The maximum Gasteiger partial charge on any atom is 0.0701 e. The van der Waals surface area contributed by atoms with Gasteiger partial charge in [-0.15, -0.1) is 6.58 Å². The first-order chi connectivity index (χ1) is 5.80. The first-order valence-electron chi connectivity index (χ1n) is 4.80. The highest BCUT2D eigenvalue weighted by Gasteiger charge is 2.28. The SMILES string of the molecule is C=C([SiH3])CCC(C)(N(C)C)N(C)C. The Kier molecular flexibility index (Phi) is 4.89. The Bertz CT molecular complexity index is 168. The number of hydrogen-bond donors (Lipinski definition) is 0. The molecule has 0 atom stereocenters. The largest absolute Gasteiger partial charge is 0.292 e. The molecule has 13 heavy (non-hydrogen) atoms. The summed E-state index contributed by atoms with van der Waals surface area (Å²) in [5, 5.41) is 1.40. The van der Waals surface area contributed by atoms with Gasteiger partial charge in [0.1, 0.15) is 0 Å². The Labute approximate surface area is 86.0 Å². The topological polar surface area (TPSA) is 6.48 Å². The number of hydrogen-bond acceptors (Lipinski definition) is 2. The molecule has 2 nitrogen and oxygen atoms in total. The van der Waals surface area contributed by atoms with Crippen LogP contribution in [0, 0.1) is 0 Å². The van der Waals surface area contributed by atoms with E-state index in [9.17, 15) is 0 Å². The van der Waals surface area contributed by atoms with Gasteiger partial charge in [0.2, 0.25) is 0 Å². The molecule has 0 aliphatic heterocycles. The van der Waals surface area contributed by atoms with Gasteiger partial charge < -0.3 is 0 Å². The van der Waals surface area contributed by atoms with Crippen molar-refractivity contribution in [2.24, 2.45) is 0 Å². The van der Waals surface area contributed by atoms with E-state index in [0.29, 0.717) is 0 Å². The molecule has 0 aromatic heterocycles. The van der Waals surface area contributed by atoms with Gasteiger partial charge in [-0.1, -0.05) is 5.20 Å². The van der Waals surface area contributed by atoms with Crippen LogP contribution in [0.15, 0.2) is 11.8 Å². The Morgan fingerprint density at radius 3 is 1.85 bits per heavy atom. The molecule has 0 aromatic carbocycles. The number of allylic oxidation sites excluding steroid dienone is 1. The highest BCUT2D eigenvalue weighted by Crippen LogP contribution is 2.22. The highest BCUT2D eigenvalue weighted by molar-refractivity contribution is 6.21. The van der Waals surface area contributed by atoms with Crippen LogP contribution in [0.2, 0.25) is 0 Å². The highest BCUT2D eigenvalue weighted by atomic mass is 28.1. The third kappa shape index (κ3) is 3.63. The van der Waals surface area contributed by atoms with Crippen molar-refractivity contribution >= 4 is 10.2 Å². The molecule has 78 valence electrons. The van der Waals surface area contributed by atoms with Gasteiger partial charge in [0, 0.05) is 10.2 Å². The van der Waals surface area contributed by atoms with Crippen LogP contribution in [0.25, 0.3) is 0 Å². The molecule has 0 saturated heterocycles. The van der Waals surface area contributed by atoms with Gasteiger partial charge in [0.05, 0.1) is 5.66 Å². The zero-order valence-electron chi connectivity index (χ0n) is 10.0. The second-order valence-electron chi connectivity index (χ2n) is 4.46. The number of nitrogens with zero attached hydrogens (tertiary/aromatic N) is 2. The van der Waals surface area contributed by atoms with Crippen LogP contribution in [-0.2, 0) is 0 Å². The van der Waals surface area contributed by atoms with Crippen molar-refractivity contribution < 1.29 is 0 Å². The fraction of sp³-hybridized carbons (Fsp3) is 0.800. The lowest BCUT2D eigenvalue weighted by atomic mass is 10.0. The minimum Gasteiger partial charge on any atom is -0.292 e. The van der Waals surface area contributed by atoms with Crippen LogP contribution >= 0.6 is 0 Å². The fourth-order valence-corrected chi connectivity index (χ4v) is 1.55. The summed E-state index contributed by atoms with van der Waals surface area (Å²) in [6, 6.07) is 0. The summed E-state index contributed by atoms with van der Waals surface area (Å²) in [6.07, 6.45) is 2.31. The van der Waals surface area contributed by atoms with Gasteiger partial charge in [-0.3, -0.25) is 9.80 Å². The molecule has 0 heterocycles. The van der Waals surface area contributed by atoms with Crippen molar-refractivity contribution in [2.75, 3.05) is 28.2 Å². The van der Waals surface area contributed by atoms with Crippen molar-refractivity contribution in [3.63, 3.8) is 0 Å². The lowest BCUT2D eigenvalue weighted by Gasteiger charge is -2.42. The molecule has 0 rings (SSSR count). The molecule has 0 fully saturated rings. The summed E-state index contributed by atoms with van der Waals surface area (Å²) in [5.74, 6) is 0. The molecule has 0 radical (unpaired) electrons. The molecule has 0 N–H and O–H groups in total. The molecule has 0 saturated carbocycles. The van der Waals surface area contributed by atoms with Crippen LogP contribution in [0.1, 0.15) is 19.8 Å². The molecular weight excluding hydrogens is 176 g/mol. The van der Waals surface area contributed by atoms with Gasteiger partial charge in [-0.2, -0.15) is 0 Å². The molecule has 0 aromatic rings. The summed E-state index contributed by atoms with van der Waals surface area (Å²) < 4.78 is 0. The van der Waals surface area contributed by atoms with Gasteiger partial charge in [0.25, 0.3) is 0 Å². The van der Waals surface area contributed by atoms with E-state index in [1.165, 1.54) is 5.20 Å². The van der Waals surface area contributed by atoms with E-state index in [-0.39, 0.29) is 5.66 Å². The normalized spacial score (nSPS) is 12.8. The van der Waals surface area contributed by atoms with Crippen molar-refractivity contribution in [1.29, 1.82) is 0 Å². The van der Waals surface area contributed by atoms with E-state index in [2.05, 4.69) is 51.5 Å². The maximum absolute atomic E-state index is 4.00. The average molecular weight is 200 g/mol. The van der Waals surface area contributed by atoms with E-state index < -0.39 is 0 Å². The molecular formula is C10H24N2Si. The third-order valence-corrected chi connectivity index (χ3v) is 3.45. The van der Waals surface area contributed by atoms with Gasteiger partial charge in [-0.25, -0.2) is 0 Å². The molecule has 0 spiro atoms. The predicted octanol–water partition coefficient (Wildman–Crippen LogP) is 0.485. The molecule has 3 heteroatoms. The lowest BCUT2D eigenvalue weighted by Crippen LogP contribution is -2.52. The van der Waals surface area contributed by atoms with Crippen LogP contribution < -0.4 is 0 Å². The summed E-state index contributed by atoms with van der Waals surface area (Å²) >= 11 is 0. The van der Waals surface area contributed by atoms with Crippen molar-refractivity contribution in [2.45, 2.75) is 25.4 Å². The molecule has 0 aliphatic rings. The maximum atomic E-state index is 4.00. The number of rotatable bonds is 5. The molecule has 0 bridgehead atoms. The zero-order valence-corrected chi connectivity index (χ0v) is 12.0. The van der Waals surface area contributed by atoms with Crippen molar-refractivity contribution in [3.05, 3.63) is 11.8 Å². The first-order valence-corrected chi connectivity index (χ1v) is 5.80. The third-order valence-electron chi connectivity index (χ3n) is 2.95. The Balaban J connectivity index is 4.33. The van der Waals surface area contributed by atoms with Crippen LogP contribution in [0.4, 0.5) is 0 Å². The fourth-order valence-electron chi connectivity index (χ4n) is 1.30. The lowest BCUT2D eigenvalue weighted by molar-refractivity contribution is 0.0141. The molecule has 0 unspecified atom stereocenters. The summed E-state index contributed by atoms with van der Waals surface area (Å²) in [6.45, 7) is 6.28. The second kappa shape index (κ2) is 4.93. The van der Waals surface area contributed by atoms with Crippen molar-refractivity contribution in [1.82, 2.24) is 9.80 Å². The van der Waals surface area contributed by atoms with Gasteiger partial charge in [-0.05, 0) is 48.0 Å². The predicted molar refractivity (Wildman–Crippen MR) is 64.1 cm³/mol. The minimum absolute atomic E-state index is 0.160. The summed E-state index contributed by atoms with van der Waals surface area (Å²) in [7, 11) is 9.66. The average Bonchev–Trinajstić information content (AvgIpc) is 1.99. The first kappa shape index (κ1) is 12.9. The summed E-state index contributed by atoms with van der Waals surface area (Å²) in [4.78, 5) is 4.55. The van der Waals surface area contributed by atoms with E-state index in [0.717, 1.165) is 23.1 Å². The minimum atomic E-state index is 0.160. The van der Waals surface area contributed by atoms with E-state index in [1.54, 1.807) is 0 Å². The van der Waals surface area contributed by atoms with Gasteiger partial charge >= 0.3 is 0 Å². The quantitative estimate of drug-likeness (QED) is 0.471. The smallest absolute Gasteiger partial charge is 0.0701 e. The van der Waals surface area contributed by atoms with E-state index >= 15 is 0 Å². The van der Waals surface area contributed by atoms with Gasteiger partial charge in [0.15, 0.2) is 0 Å². The van der Waals surface area contributed by atoms with E-state index in [4.69, 9.17) is 0 Å². The molecule has 0 aliphatic carbocycles.